The molecule has 1 aliphatic rings. The highest BCUT2D eigenvalue weighted by molar-refractivity contribution is 7.88. The summed E-state index contributed by atoms with van der Waals surface area (Å²) < 4.78 is 25.1. The van der Waals surface area contributed by atoms with E-state index in [1.54, 1.807) is 6.20 Å². The van der Waals surface area contributed by atoms with E-state index in [-0.39, 0.29) is 6.04 Å². The number of anilines is 1. The Morgan fingerprint density at radius 2 is 2.28 bits per heavy atom. The molecule has 0 aliphatic carbocycles. The fraction of sp³-hybridized carbons (Fsp3) is 0.636. The summed E-state index contributed by atoms with van der Waals surface area (Å²) in [6.07, 6.45) is 4.75. The predicted molar refractivity (Wildman–Crippen MR) is 70.0 cm³/mol. The zero-order valence-corrected chi connectivity index (χ0v) is 11.4. The summed E-state index contributed by atoms with van der Waals surface area (Å²) in [5.74, 6) is 1.59. The zero-order valence-electron chi connectivity index (χ0n) is 10.6. The van der Waals surface area contributed by atoms with Crippen LogP contribution in [0.3, 0.4) is 0 Å². The van der Waals surface area contributed by atoms with Crippen molar-refractivity contribution in [2.45, 2.75) is 25.8 Å². The summed E-state index contributed by atoms with van der Waals surface area (Å²) in [4.78, 5) is 10.5. The van der Waals surface area contributed by atoms with Crippen LogP contribution in [0, 0.1) is 6.92 Å². The van der Waals surface area contributed by atoms with Gasteiger partial charge in [-0.25, -0.2) is 23.1 Å². The van der Waals surface area contributed by atoms with Crippen LogP contribution in [0.15, 0.2) is 12.3 Å². The number of aromatic nitrogens is 2. The van der Waals surface area contributed by atoms with Crippen LogP contribution in [0.2, 0.25) is 0 Å². The maximum Gasteiger partial charge on any atom is 0.209 e. The lowest BCUT2D eigenvalue weighted by atomic mass is 10.1. The van der Waals surface area contributed by atoms with Crippen LogP contribution in [-0.2, 0) is 10.0 Å². The molecule has 7 heteroatoms. The first-order valence-electron chi connectivity index (χ1n) is 5.96. The van der Waals surface area contributed by atoms with Crippen LogP contribution < -0.4 is 9.62 Å². The number of hydrogen-bond donors (Lipinski definition) is 1. The first-order chi connectivity index (χ1) is 8.44. The van der Waals surface area contributed by atoms with Gasteiger partial charge in [-0.2, -0.15) is 0 Å². The fourth-order valence-corrected chi connectivity index (χ4v) is 3.00. The Bertz CT molecular complexity index is 518. The summed E-state index contributed by atoms with van der Waals surface area (Å²) in [6.45, 7) is 3.40. The van der Waals surface area contributed by atoms with Gasteiger partial charge in [-0.15, -0.1) is 0 Å². The van der Waals surface area contributed by atoms with E-state index in [0.29, 0.717) is 6.54 Å². The molecule has 0 saturated carbocycles. The van der Waals surface area contributed by atoms with Crippen LogP contribution in [-0.4, -0.2) is 43.8 Å². The second-order valence-electron chi connectivity index (χ2n) is 4.64. The lowest BCUT2D eigenvalue weighted by molar-refractivity contribution is 0.465. The molecule has 2 heterocycles. The molecule has 1 N–H and O–H groups in total. The minimum atomic E-state index is -3.15. The molecular weight excluding hydrogens is 252 g/mol. The Labute approximate surface area is 107 Å². The lowest BCUT2D eigenvalue weighted by Crippen LogP contribution is -2.47. The van der Waals surface area contributed by atoms with E-state index in [1.807, 2.05) is 13.0 Å². The Morgan fingerprint density at radius 3 is 2.94 bits per heavy atom. The molecule has 2 rings (SSSR count). The van der Waals surface area contributed by atoms with Gasteiger partial charge in [0, 0.05) is 25.3 Å². The monoisotopic (exact) mass is 270 g/mol. The van der Waals surface area contributed by atoms with E-state index in [1.165, 1.54) is 6.26 Å². The minimum Gasteiger partial charge on any atom is -0.355 e. The van der Waals surface area contributed by atoms with Gasteiger partial charge in [0.25, 0.3) is 0 Å². The van der Waals surface area contributed by atoms with Crippen LogP contribution in [0.25, 0.3) is 0 Å². The number of rotatable bonds is 3. The number of piperidine rings is 1. The molecule has 1 aromatic heterocycles. The fourth-order valence-electron chi connectivity index (χ4n) is 2.20. The van der Waals surface area contributed by atoms with Crippen LogP contribution in [0.1, 0.15) is 18.7 Å². The van der Waals surface area contributed by atoms with Crippen LogP contribution in [0.5, 0.6) is 0 Å². The third-order valence-electron chi connectivity index (χ3n) is 2.89. The molecule has 1 saturated heterocycles. The molecular formula is C11H18N4O2S. The van der Waals surface area contributed by atoms with E-state index in [0.717, 1.165) is 31.0 Å². The van der Waals surface area contributed by atoms with Crippen molar-refractivity contribution < 1.29 is 8.42 Å². The first-order valence-corrected chi connectivity index (χ1v) is 7.85. The number of hydrogen-bond acceptors (Lipinski definition) is 5. The maximum absolute atomic E-state index is 11.2. The molecule has 6 nitrogen and oxygen atoms in total. The molecule has 0 radical (unpaired) electrons. The standard InChI is InChI=1S/C11H18N4O2S/c1-9-12-6-5-11(13-9)15-7-3-4-10(8-15)14-18(2,16)17/h5-6,10,14H,3-4,7-8H2,1-2H3. The van der Waals surface area contributed by atoms with Gasteiger partial charge < -0.3 is 4.90 Å². The van der Waals surface area contributed by atoms with Crippen molar-refractivity contribution in [3.05, 3.63) is 18.1 Å². The third kappa shape index (κ3) is 3.64. The third-order valence-corrected chi connectivity index (χ3v) is 3.65. The molecule has 0 bridgehead atoms. The predicted octanol–water partition coefficient (Wildman–Crippen LogP) is 0.303. The van der Waals surface area contributed by atoms with Crippen LogP contribution in [0.4, 0.5) is 5.82 Å². The normalized spacial score (nSPS) is 21.0. The number of nitrogens with zero attached hydrogens (tertiary/aromatic N) is 3. The molecule has 1 fully saturated rings. The van der Waals surface area contributed by atoms with Gasteiger partial charge in [0.1, 0.15) is 11.6 Å². The Hall–Kier alpha value is -1.21. The van der Waals surface area contributed by atoms with Gasteiger partial charge in [-0.1, -0.05) is 0 Å². The Morgan fingerprint density at radius 1 is 1.50 bits per heavy atom. The van der Waals surface area contributed by atoms with Crippen molar-refractivity contribution in [1.29, 1.82) is 0 Å². The molecule has 0 spiro atoms. The highest BCUT2D eigenvalue weighted by atomic mass is 32.2. The van der Waals surface area contributed by atoms with E-state index in [9.17, 15) is 8.42 Å². The number of sulfonamides is 1. The quantitative estimate of drug-likeness (QED) is 0.855. The summed E-state index contributed by atoms with van der Waals surface area (Å²) in [5.41, 5.74) is 0. The average Bonchev–Trinajstić information content (AvgIpc) is 2.27. The number of nitrogens with one attached hydrogen (secondary N) is 1. The van der Waals surface area contributed by atoms with E-state index >= 15 is 0 Å². The minimum absolute atomic E-state index is 0.0379. The molecule has 18 heavy (non-hydrogen) atoms. The number of aryl methyl sites for hydroxylation is 1. The van der Waals surface area contributed by atoms with Crippen molar-refractivity contribution in [3.8, 4) is 0 Å². The largest absolute Gasteiger partial charge is 0.355 e. The average molecular weight is 270 g/mol. The van der Waals surface area contributed by atoms with Crippen molar-refractivity contribution in [1.82, 2.24) is 14.7 Å². The molecule has 1 unspecified atom stereocenters. The van der Waals surface area contributed by atoms with E-state index in [2.05, 4.69) is 19.6 Å². The lowest BCUT2D eigenvalue weighted by Gasteiger charge is -2.33. The van der Waals surface area contributed by atoms with Gasteiger partial charge in [0.2, 0.25) is 10.0 Å². The van der Waals surface area contributed by atoms with Crippen molar-refractivity contribution in [3.63, 3.8) is 0 Å². The molecule has 1 aliphatic heterocycles. The topological polar surface area (TPSA) is 75.2 Å². The first kappa shape index (κ1) is 13.2. The zero-order chi connectivity index (χ0) is 13.2. The summed E-state index contributed by atoms with van der Waals surface area (Å²) in [5, 5.41) is 0. The van der Waals surface area contributed by atoms with E-state index in [4.69, 9.17) is 0 Å². The highest BCUT2D eigenvalue weighted by Gasteiger charge is 2.23. The summed E-state index contributed by atoms with van der Waals surface area (Å²) in [7, 11) is -3.15. The molecule has 0 amide bonds. The second-order valence-corrected chi connectivity index (χ2v) is 6.42. The molecule has 1 aromatic rings. The SMILES string of the molecule is Cc1nccc(N2CCCC(NS(C)(=O)=O)C2)n1. The van der Waals surface area contributed by atoms with Crippen LogP contribution >= 0.6 is 0 Å². The van der Waals surface area contributed by atoms with Gasteiger partial charge in [-0.3, -0.25) is 0 Å². The molecule has 0 aromatic carbocycles. The van der Waals surface area contributed by atoms with Gasteiger partial charge in [0.05, 0.1) is 6.26 Å². The van der Waals surface area contributed by atoms with Crippen molar-refractivity contribution in [2.75, 3.05) is 24.2 Å². The Balaban J connectivity index is 2.07. The summed E-state index contributed by atoms with van der Waals surface area (Å²) >= 11 is 0. The van der Waals surface area contributed by atoms with Crippen molar-refractivity contribution >= 4 is 15.8 Å². The highest BCUT2D eigenvalue weighted by Crippen LogP contribution is 2.17. The Kier molecular flexibility index (Phi) is 3.82. The smallest absolute Gasteiger partial charge is 0.209 e. The van der Waals surface area contributed by atoms with Crippen molar-refractivity contribution in [2.24, 2.45) is 0 Å². The van der Waals surface area contributed by atoms with Gasteiger partial charge in [0.15, 0.2) is 0 Å². The maximum atomic E-state index is 11.2. The van der Waals surface area contributed by atoms with Gasteiger partial charge in [-0.05, 0) is 25.8 Å². The van der Waals surface area contributed by atoms with E-state index < -0.39 is 10.0 Å². The van der Waals surface area contributed by atoms with Gasteiger partial charge >= 0.3 is 0 Å². The molecule has 100 valence electrons. The summed E-state index contributed by atoms with van der Waals surface area (Å²) in [6, 6.07) is 1.82. The molecule has 1 atom stereocenters. The second kappa shape index (κ2) is 5.19.